The molecular formula is C6H6Cl2N2. The Morgan fingerprint density at radius 1 is 1.30 bits per heavy atom. The van der Waals surface area contributed by atoms with E-state index in [9.17, 15) is 0 Å². The molecule has 0 aliphatic carbocycles. The molecular weight excluding hydrogens is 171 g/mol. The fourth-order valence-electron chi connectivity index (χ4n) is 0.429. The third-order valence-corrected chi connectivity index (χ3v) is 0.779. The number of pyridine rings is 1. The number of rotatable bonds is 0. The summed E-state index contributed by atoms with van der Waals surface area (Å²) >= 11 is 0. The van der Waals surface area contributed by atoms with Crippen molar-refractivity contribution in [1.29, 1.82) is 5.26 Å². The average Bonchev–Trinajstić information content (AvgIpc) is 1.90. The van der Waals surface area contributed by atoms with E-state index >= 15 is 0 Å². The molecule has 10 heavy (non-hydrogen) atoms. The molecule has 0 unspecified atom stereocenters. The minimum Gasteiger partial charge on any atom is -0.246 e. The van der Waals surface area contributed by atoms with Crippen LogP contribution in [0.25, 0.3) is 0 Å². The first-order valence-electron chi connectivity index (χ1n) is 2.24. The third-order valence-electron chi connectivity index (χ3n) is 0.779. The number of nitriles is 1. The molecule has 0 spiro atoms. The molecule has 0 atom stereocenters. The molecule has 0 saturated heterocycles. The molecule has 1 aromatic rings. The second-order valence-electron chi connectivity index (χ2n) is 1.33. The van der Waals surface area contributed by atoms with Crippen molar-refractivity contribution in [3.05, 3.63) is 30.1 Å². The summed E-state index contributed by atoms with van der Waals surface area (Å²) in [5.41, 5.74) is 0.465. The SMILES string of the molecule is Cl.Cl.N#Cc1ccccn1. The van der Waals surface area contributed by atoms with E-state index in [1.165, 1.54) is 0 Å². The van der Waals surface area contributed by atoms with E-state index in [1.807, 2.05) is 6.07 Å². The molecule has 1 rings (SSSR count). The van der Waals surface area contributed by atoms with Crippen LogP contribution in [-0.4, -0.2) is 4.98 Å². The molecule has 1 aromatic heterocycles. The number of hydrogen-bond donors (Lipinski definition) is 0. The van der Waals surface area contributed by atoms with E-state index in [4.69, 9.17) is 5.26 Å². The lowest BCUT2D eigenvalue weighted by Crippen LogP contribution is -1.75. The predicted molar refractivity (Wildman–Crippen MR) is 43.4 cm³/mol. The van der Waals surface area contributed by atoms with Crippen molar-refractivity contribution in [1.82, 2.24) is 4.98 Å². The van der Waals surface area contributed by atoms with Gasteiger partial charge in [0.2, 0.25) is 0 Å². The number of hydrogen-bond acceptors (Lipinski definition) is 2. The molecule has 2 nitrogen and oxygen atoms in total. The van der Waals surface area contributed by atoms with Gasteiger partial charge in [-0.25, -0.2) is 4.98 Å². The van der Waals surface area contributed by atoms with Crippen LogP contribution in [0.5, 0.6) is 0 Å². The van der Waals surface area contributed by atoms with Gasteiger partial charge in [-0.3, -0.25) is 0 Å². The van der Waals surface area contributed by atoms with Crippen molar-refractivity contribution in [2.45, 2.75) is 0 Å². The molecule has 54 valence electrons. The molecule has 1 heterocycles. The normalized spacial score (nSPS) is 6.30. The predicted octanol–water partition coefficient (Wildman–Crippen LogP) is 1.80. The Morgan fingerprint density at radius 2 is 2.00 bits per heavy atom. The van der Waals surface area contributed by atoms with Gasteiger partial charge in [0.1, 0.15) is 11.8 Å². The van der Waals surface area contributed by atoms with E-state index in [-0.39, 0.29) is 24.8 Å². The van der Waals surface area contributed by atoms with Crippen LogP contribution in [-0.2, 0) is 0 Å². The van der Waals surface area contributed by atoms with Crippen molar-refractivity contribution in [3.8, 4) is 6.07 Å². The monoisotopic (exact) mass is 176 g/mol. The Labute approximate surface area is 71.7 Å². The van der Waals surface area contributed by atoms with Crippen molar-refractivity contribution < 1.29 is 0 Å². The van der Waals surface area contributed by atoms with E-state index in [1.54, 1.807) is 24.4 Å². The Kier molecular flexibility index (Phi) is 7.58. The Hall–Kier alpha value is -0.780. The molecule has 0 saturated carbocycles. The molecule has 0 aliphatic heterocycles. The summed E-state index contributed by atoms with van der Waals surface area (Å²) in [6, 6.07) is 7.14. The van der Waals surface area contributed by atoms with E-state index in [0.717, 1.165) is 0 Å². The summed E-state index contributed by atoms with van der Waals surface area (Å²) in [5, 5.41) is 8.23. The van der Waals surface area contributed by atoms with Gasteiger partial charge in [0, 0.05) is 6.20 Å². The molecule has 0 radical (unpaired) electrons. The highest BCUT2D eigenvalue weighted by atomic mass is 35.5. The molecule has 0 bridgehead atoms. The topological polar surface area (TPSA) is 36.7 Å². The van der Waals surface area contributed by atoms with Crippen LogP contribution in [0.1, 0.15) is 5.69 Å². The number of halogens is 2. The minimum absolute atomic E-state index is 0. The van der Waals surface area contributed by atoms with Crippen LogP contribution in [0, 0.1) is 11.3 Å². The number of aromatic nitrogens is 1. The van der Waals surface area contributed by atoms with Crippen molar-refractivity contribution >= 4 is 24.8 Å². The summed E-state index contributed by atoms with van der Waals surface area (Å²) in [7, 11) is 0. The quantitative estimate of drug-likeness (QED) is 0.605. The second-order valence-corrected chi connectivity index (χ2v) is 1.33. The van der Waals surface area contributed by atoms with Gasteiger partial charge >= 0.3 is 0 Å². The maximum Gasteiger partial charge on any atom is 0.140 e. The summed E-state index contributed by atoms with van der Waals surface area (Å²) in [6.07, 6.45) is 1.60. The van der Waals surface area contributed by atoms with Crippen LogP contribution >= 0.6 is 24.8 Å². The molecule has 0 amide bonds. The van der Waals surface area contributed by atoms with Crippen LogP contribution in [0.2, 0.25) is 0 Å². The van der Waals surface area contributed by atoms with Crippen molar-refractivity contribution in [2.24, 2.45) is 0 Å². The fraction of sp³-hybridized carbons (Fsp3) is 0. The van der Waals surface area contributed by atoms with Crippen LogP contribution in [0.3, 0.4) is 0 Å². The Bertz CT molecular complexity index is 205. The lowest BCUT2D eigenvalue weighted by atomic mass is 10.4. The van der Waals surface area contributed by atoms with E-state index in [2.05, 4.69) is 4.98 Å². The van der Waals surface area contributed by atoms with Crippen LogP contribution < -0.4 is 0 Å². The first-order valence-corrected chi connectivity index (χ1v) is 2.24. The molecule has 4 heteroatoms. The second kappa shape index (κ2) is 6.34. The van der Waals surface area contributed by atoms with Crippen LogP contribution in [0.4, 0.5) is 0 Å². The zero-order valence-corrected chi connectivity index (χ0v) is 6.65. The fourth-order valence-corrected chi connectivity index (χ4v) is 0.429. The van der Waals surface area contributed by atoms with Gasteiger partial charge < -0.3 is 0 Å². The van der Waals surface area contributed by atoms with Gasteiger partial charge in [-0.2, -0.15) is 5.26 Å². The zero-order chi connectivity index (χ0) is 5.82. The lowest BCUT2D eigenvalue weighted by molar-refractivity contribution is 1.26. The maximum atomic E-state index is 8.23. The zero-order valence-electron chi connectivity index (χ0n) is 5.02. The van der Waals surface area contributed by atoms with Gasteiger partial charge in [0.15, 0.2) is 0 Å². The lowest BCUT2D eigenvalue weighted by Gasteiger charge is -1.79. The van der Waals surface area contributed by atoms with Gasteiger partial charge in [-0.1, -0.05) is 6.07 Å². The Morgan fingerprint density at radius 3 is 2.30 bits per heavy atom. The highest BCUT2D eigenvalue weighted by Gasteiger charge is 1.81. The number of nitrogens with zero attached hydrogens (tertiary/aromatic N) is 2. The van der Waals surface area contributed by atoms with E-state index < -0.39 is 0 Å². The van der Waals surface area contributed by atoms with Crippen molar-refractivity contribution in [2.75, 3.05) is 0 Å². The Balaban J connectivity index is 0. The van der Waals surface area contributed by atoms with E-state index in [0.29, 0.717) is 5.69 Å². The largest absolute Gasteiger partial charge is 0.246 e. The molecule has 0 fully saturated rings. The smallest absolute Gasteiger partial charge is 0.140 e. The highest BCUT2D eigenvalue weighted by molar-refractivity contribution is 5.85. The molecule has 0 aliphatic rings. The molecule has 0 N–H and O–H groups in total. The highest BCUT2D eigenvalue weighted by Crippen LogP contribution is 1.86. The van der Waals surface area contributed by atoms with Gasteiger partial charge in [0.05, 0.1) is 0 Å². The van der Waals surface area contributed by atoms with Crippen LogP contribution in [0.15, 0.2) is 24.4 Å². The summed E-state index contributed by atoms with van der Waals surface area (Å²) in [5.74, 6) is 0. The van der Waals surface area contributed by atoms with Gasteiger partial charge in [-0.05, 0) is 12.1 Å². The first-order chi connectivity index (χ1) is 3.93. The first kappa shape index (κ1) is 12.0. The van der Waals surface area contributed by atoms with Gasteiger partial charge in [0.25, 0.3) is 0 Å². The van der Waals surface area contributed by atoms with Crippen molar-refractivity contribution in [3.63, 3.8) is 0 Å². The third kappa shape index (κ3) is 3.29. The minimum atomic E-state index is 0. The summed E-state index contributed by atoms with van der Waals surface area (Å²) in [4.78, 5) is 3.74. The summed E-state index contributed by atoms with van der Waals surface area (Å²) in [6.45, 7) is 0. The summed E-state index contributed by atoms with van der Waals surface area (Å²) < 4.78 is 0. The van der Waals surface area contributed by atoms with Gasteiger partial charge in [-0.15, -0.1) is 24.8 Å². The standard InChI is InChI=1S/C6H4N2.2ClH/c7-5-6-3-1-2-4-8-6;;/h1-4H;2*1H. The molecule has 0 aromatic carbocycles. The maximum absolute atomic E-state index is 8.23. The average molecular weight is 177 g/mol.